The van der Waals surface area contributed by atoms with Gasteiger partial charge in [0.1, 0.15) is 5.82 Å². The van der Waals surface area contributed by atoms with Crippen molar-refractivity contribution in [2.45, 2.75) is 12.8 Å². The number of aromatic nitrogens is 1. The van der Waals surface area contributed by atoms with Crippen LogP contribution in [0, 0.1) is 17.2 Å². The molecule has 0 spiro atoms. The summed E-state index contributed by atoms with van der Waals surface area (Å²) in [5.41, 5.74) is 0.675. The molecule has 0 aliphatic carbocycles. The first-order valence-electron chi connectivity index (χ1n) is 5.93. The van der Waals surface area contributed by atoms with Gasteiger partial charge in [-0.3, -0.25) is 0 Å². The topological polar surface area (TPSA) is 49.1 Å². The molecule has 1 aliphatic heterocycles. The molecule has 0 aromatic carbocycles. The lowest BCUT2D eigenvalue weighted by molar-refractivity contribution is 0.139. The molecule has 17 heavy (non-hydrogen) atoms. The monoisotopic (exact) mass is 231 g/mol. The molecule has 1 fully saturated rings. The van der Waals surface area contributed by atoms with Crippen LogP contribution in [0.4, 0.5) is 5.82 Å². The standard InChI is InChI=1S/C13H17N3O/c1-17-10-11-3-6-16(7-4-11)13-8-12(9-14)2-5-15-13/h2,5,8,11H,3-4,6-7,10H2,1H3. The quantitative estimate of drug-likeness (QED) is 0.796. The van der Waals surface area contributed by atoms with Crippen LogP contribution in [0.25, 0.3) is 0 Å². The summed E-state index contributed by atoms with van der Waals surface area (Å²) in [6.45, 7) is 2.84. The zero-order valence-electron chi connectivity index (χ0n) is 10.1. The maximum absolute atomic E-state index is 8.86. The summed E-state index contributed by atoms with van der Waals surface area (Å²) in [7, 11) is 1.75. The summed E-state index contributed by atoms with van der Waals surface area (Å²) in [4.78, 5) is 6.57. The number of nitriles is 1. The van der Waals surface area contributed by atoms with Gasteiger partial charge in [0.15, 0.2) is 0 Å². The maximum atomic E-state index is 8.86. The van der Waals surface area contributed by atoms with E-state index in [0.29, 0.717) is 11.5 Å². The molecule has 90 valence electrons. The number of ether oxygens (including phenoxy) is 1. The van der Waals surface area contributed by atoms with E-state index in [9.17, 15) is 0 Å². The van der Waals surface area contributed by atoms with Crippen molar-refractivity contribution in [3.05, 3.63) is 23.9 Å². The highest BCUT2D eigenvalue weighted by Crippen LogP contribution is 2.22. The highest BCUT2D eigenvalue weighted by atomic mass is 16.5. The SMILES string of the molecule is COCC1CCN(c2cc(C#N)ccn2)CC1. The Morgan fingerprint density at radius 2 is 2.29 bits per heavy atom. The van der Waals surface area contributed by atoms with Crippen LogP contribution in [0.5, 0.6) is 0 Å². The van der Waals surface area contributed by atoms with E-state index in [1.54, 1.807) is 19.4 Å². The third kappa shape index (κ3) is 2.95. The molecular weight excluding hydrogens is 214 g/mol. The first-order valence-corrected chi connectivity index (χ1v) is 5.93. The smallest absolute Gasteiger partial charge is 0.129 e. The minimum Gasteiger partial charge on any atom is -0.384 e. The molecule has 4 nitrogen and oxygen atoms in total. The van der Waals surface area contributed by atoms with Gasteiger partial charge >= 0.3 is 0 Å². The average Bonchev–Trinajstić information content (AvgIpc) is 2.40. The molecule has 4 heteroatoms. The predicted octanol–water partition coefficient (Wildman–Crippen LogP) is 1.82. The number of hydrogen-bond acceptors (Lipinski definition) is 4. The van der Waals surface area contributed by atoms with Crippen LogP contribution in [-0.4, -0.2) is 31.8 Å². The summed E-state index contributed by atoms with van der Waals surface area (Å²) >= 11 is 0. The predicted molar refractivity (Wildman–Crippen MR) is 65.8 cm³/mol. The first-order chi connectivity index (χ1) is 8.33. The van der Waals surface area contributed by atoms with Crippen LogP contribution in [0.2, 0.25) is 0 Å². The molecule has 1 aromatic heterocycles. The van der Waals surface area contributed by atoms with E-state index in [-0.39, 0.29) is 0 Å². The minimum atomic E-state index is 0.662. The molecule has 0 N–H and O–H groups in total. The van der Waals surface area contributed by atoms with Gasteiger partial charge in [-0.15, -0.1) is 0 Å². The summed E-state index contributed by atoms with van der Waals surface area (Å²) in [5, 5.41) is 8.86. The number of nitrogens with zero attached hydrogens (tertiary/aromatic N) is 3. The van der Waals surface area contributed by atoms with Crippen molar-refractivity contribution in [1.29, 1.82) is 5.26 Å². The number of methoxy groups -OCH3 is 1. The lowest BCUT2D eigenvalue weighted by atomic mass is 9.98. The average molecular weight is 231 g/mol. The Hall–Kier alpha value is -1.60. The molecule has 1 aromatic rings. The molecule has 0 atom stereocenters. The zero-order chi connectivity index (χ0) is 12.1. The van der Waals surface area contributed by atoms with Gasteiger partial charge in [0.05, 0.1) is 11.6 Å². The molecular formula is C13H17N3O. The van der Waals surface area contributed by atoms with Crippen molar-refractivity contribution in [2.24, 2.45) is 5.92 Å². The van der Waals surface area contributed by atoms with Crippen molar-refractivity contribution in [3.8, 4) is 6.07 Å². The van der Waals surface area contributed by atoms with Gasteiger partial charge < -0.3 is 9.64 Å². The van der Waals surface area contributed by atoms with E-state index in [4.69, 9.17) is 10.00 Å². The van der Waals surface area contributed by atoms with E-state index in [1.807, 2.05) is 6.07 Å². The molecule has 0 bridgehead atoms. The molecule has 2 heterocycles. The van der Waals surface area contributed by atoms with Crippen LogP contribution in [0.15, 0.2) is 18.3 Å². The molecule has 1 saturated heterocycles. The number of hydrogen-bond donors (Lipinski definition) is 0. The van der Waals surface area contributed by atoms with Crippen molar-refractivity contribution in [1.82, 2.24) is 4.98 Å². The van der Waals surface area contributed by atoms with Gasteiger partial charge in [0.2, 0.25) is 0 Å². The van der Waals surface area contributed by atoms with Gasteiger partial charge in [-0.1, -0.05) is 0 Å². The number of rotatable bonds is 3. The summed E-state index contributed by atoms with van der Waals surface area (Å²) in [6, 6.07) is 5.74. The fraction of sp³-hybridized carbons (Fsp3) is 0.538. The van der Waals surface area contributed by atoms with E-state index in [1.165, 1.54) is 0 Å². The van der Waals surface area contributed by atoms with Crippen LogP contribution in [0.3, 0.4) is 0 Å². The normalized spacial score (nSPS) is 16.8. The Morgan fingerprint density at radius 1 is 1.53 bits per heavy atom. The summed E-state index contributed by atoms with van der Waals surface area (Å²) in [5.74, 6) is 1.58. The third-order valence-electron chi connectivity index (χ3n) is 3.22. The zero-order valence-corrected chi connectivity index (χ0v) is 10.1. The molecule has 1 aliphatic rings. The minimum absolute atomic E-state index is 0.662. The van der Waals surface area contributed by atoms with Crippen LogP contribution < -0.4 is 4.90 Å². The van der Waals surface area contributed by atoms with E-state index >= 15 is 0 Å². The fourth-order valence-corrected chi connectivity index (χ4v) is 2.23. The number of anilines is 1. The molecule has 0 radical (unpaired) electrons. The van der Waals surface area contributed by atoms with Gasteiger partial charge in [-0.2, -0.15) is 5.26 Å². The highest BCUT2D eigenvalue weighted by Gasteiger charge is 2.19. The Labute approximate surface area is 102 Å². The third-order valence-corrected chi connectivity index (χ3v) is 3.22. The second-order valence-corrected chi connectivity index (χ2v) is 4.40. The second-order valence-electron chi connectivity index (χ2n) is 4.40. The van der Waals surface area contributed by atoms with Gasteiger partial charge in [-0.25, -0.2) is 4.98 Å². The number of pyridine rings is 1. The summed E-state index contributed by atoms with van der Waals surface area (Å²) in [6.07, 6.45) is 3.97. The van der Waals surface area contributed by atoms with E-state index < -0.39 is 0 Å². The number of piperidine rings is 1. The van der Waals surface area contributed by atoms with Crippen LogP contribution in [-0.2, 0) is 4.74 Å². The Morgan fingerprint density at radius 3 is 2.94 bits per heavy atom. The second kappa shape index (κ2) is 5.65. The van der Waals surface area contributed by atoms with Crippen molar-refractivity contribution >= 4 is 5.82 Å². The van der Waals surface area contributed by atoms with Crippen molar-refractivity contribution < 1.29 is 4.74 Å². The Balaban J connectivity index is 1.98. The van der Waals surface area contributed by atoms with Crippen LogP contribution >= 0.6 is 0 Å². The molecule has 0 saturated carbocycles. The maximum Gasteiger partial charge on any atom is 0.129 e. The lowest BCUT2D eigenvalue weighted by Gasteiger charge is -2.32. The Bertz CT molecular complexity index is 405. The van der Waals surface area contributed by atoms with Gasteiger partial charge in [0.25, 0.3) is 0 Å². The molecule has 0 unspecified atom stereocenters. The fourth-order valence-electron chi connectivity index (χ4n) is 2.23. The van der Waals surface area contributed by atoms with E-state index in [2.05, 4.69) is 16.0 Å². The molecule has 0 amide bonds. The van der Waals surface area contributed by atoms with Crippen molar-refractivity contribution in [3.63, 3.8) is 0 Å². The lowest BCUT2D eigenvalue weighted by Crippen LogP contribution is -2.35. The Kier molecular flexibility index (Phi) is 3.94. The largest absolute Gasteiger partial charge is 0.384 e. The highest BCUT2D eigenvalue weighted by molar-refractivity contribution is 5.45. The van der Waals surface area contributed by atoms with E-state index in [0.717, 1.165) is 38.4 Å². The van der Waals surface area contributed by atoms with Crippen LogP contribution in [0.1, 0.15) is 18.4 Å². The first kappa shape index (κ1) is 11.9. The van der Waals surface area contributed by atoms with Gasteiger partial charge in [-0.05, 0) is 30.9 Å². The summed E-state index contributed by atoms with van der Waals surface area (Å²) < 4.78 is 5.18. The molecule has 2 rings (SSSR count). The van der Waals surface area contributed by atoms with Gasteiger partial charge in [0, 0.05) is 33.0 Å². The van der Waals surface area contributed by atoms with Crippen molar-refractivity contribution in [2.75, 3.05) is 31.7 Å².